The molecule has 1 fully saturated rings. The maximum atomic E-state index is 12.4. The van der Waals surface area contributed by atoms with Crippen LogP contribution in [-0.2, 0) is 19.4 Å². The number of hydrogen-bond donors (Lipinski definition) is 0. The highest BCUT2D eigenvalue weighted by atomic mass is 32.2. The van der Waals surface area contributed by atoms with Gasteiger partial charge in [0.05, 0.1) is 11.5 Å². The van der Waals surface area contributed by atoms with E-state index in [1.807, 2.05) is 18.2 Å². The summed E-state index contributed by atoms with van der Waals surface area (Å²) in [5, 5.41) is 0. The Balaban J connectivity index is 1.61. The normalized spacial score (nSPS) is 17.7. The van der Waals surface area contributed by atoms with Gasteiger partial charge in [-0.3, -0.25) is 4.79 Å². The van der Waals surface area contributed by atoms with Gasteiger partial charge in [-0.05, 0) is 30.7 Å². The second-order valence-electron chi connectivity index (χ2n) is 6.55. The molecule has 0 aromatic heterocycles. The van der Waals surface area contributed by atoms with Gasteiger partial charge >= 0.3 is 5.97 Å². The zero-order valence-corrected chi connectivity index (χ0v) is 16.2. The van der Waals surface area contributed by atoms with E-state index in [9.17, 15) is 18.0 Å². The Bertz CT molecular complexity index is 958. The summed E-state index contributed by atoms with van der Waals surface area (Å²) >= 11 is 0. The summed E-state index contributed by atoms with van der Waals surface area (Å²) in [6, 6.07) is 15.2. The maximum Gasteiger partial charge on any atom is 0.342 e. The molecule has 0 bridgehead atoms. The van der Waals surface area contributed by atoms with Gasteiger partial charge in [0.1, 0.15) is 17.1 Å². The van der Waals surface area contributed by atoms with E-state index in [0.717, 1.165) is 0 Å². The first kappa shape index (κ1) is 19.9. The minimum absolute atomic E-state index is 0.0586. The van der Waals surface area contributed by atoms with Crippen LogP contribution in [0.2, 0.25) is 0 Å². The molecule has 2 aromatic rings. The zero-order chi connectivity index (χ0) is 20.1. The number of sulfone groups is 1. The standard InChI is InChI=1S/C20H21NO6S/c1-21(15-11-12-28(24,25)14-15)19(22)13-26-20(23)17-9-5-6-10-18(17)27-16-7-3-2-4-8-16/h2-10,15H,11-14H2,1H3. The number of carbonyl (C=O) groups is 2. The summed E-state index contributed by atoms with van der Waals surface area (Å²) in [6.07, 6.45) is 0.395. The lowest BCUT2D eigenvalue weighted by Gasteiger charge is -2.23. The van der Waals surface area contributed by atoms with Gasteiger partial charge in [-0.25, -0.2) is 13.2 Å². The Morgan fingerprint density at radius 2 is 1.75 bits per heavy atom. The van der Waals surface area contributed by atoms with Crippen molar-refractivity contribution in [1.82, 2.24) is 4.90 Å². The van der Waals surface area contributed by atoms with Gasteiger partial charge in [0, 0.05) is 13.1 Å². The number of rotatable bonds is 6. The average Bonchev–Trinajstić information content (AvgIpc) is 3.06. The van der Waals surface area contributed by atoms with Gasteiger partial charge in [0.2, 0.25) is 0 Å². The summed E-state index contributed by atoms with van der Waals surface area (Å²) in [4.78, 5) is 26.1. The lowest BCUT2D eigenvalue weighted by Crippen LogP contribution is -2.40. The minimum atomic E-state index is -3.10. The number of esters is 1. The quantitative estimate of drug-likeness (QED) is 0.688. The van der Waals surface area contributed by atoms with Crippen LogP contribution in [0.5, 0.6) is 11.5 Å². The fourth-order valence-electron chi connectivity index (χ4n) is 2.93. The Hall–Kier alpha value is -2.87. The van der Waals surface area contributed by atoms with Crippen LogP contribution in [0.1, 0.15) is 16.8 Å². The molecule has 0 saturated carbocycles. The summed E-state index contributed by atoms with van der Waals surface area (Å²) in [7, 11) is -1.58. The molecule has 0 spiro atoms. The molecule has 1 unspecified atom stereocenters. The molecule has 1 heterocycles. The van der Waals surface area contributed by atoms with Gasteiger partial charge in [0.25, 0.3) is 5.91 Å². The predicted molar refractivity (Wildman–Crippen MR) is 103 cm³/mol. The summed E-state index contributed by atoms with van der Waals surface area (Å²) in [5.41, 5.74) is 0.199. The maximum absolute atomic E-state index is 12.4. The second kappa shape index (κ2) is 8.43. The van der Waals surface area contributed by atoms with Gasteiger partial charge in [0.15, 0.2) is 16.4 Å². The monoisotopic (exact) mass is 403 g/mol. The third kappa shape index (κ3) is 4.89. The highest BCUT2D eigenvalue weighted by Gasteiger charge is 2.33. The van der Waals surface area contributed by atoms with Crippen LogP contribution in [0.4, 0.5) is 0 Å². The van der Waals surface area contributed by atoms with E-state index in [0.29, 0.717) is 17.9 Å². The zero-order valence-electron chi connectivity index (χ0n) is 15.4. The Labute approximate surface area is 163 Å². The molecule has 1 amide bonds. The van der Waals surface area contributed by atoms with Crippen molar-refractivity contribution in [2.75, 3.05) is 25.2 Å². The lowest BCUT2D eigenvalue weighted by atomic mass is 10.2. The van der Waals surface area contributed by atoms with Crippen molar-refractivity contribution in [3.8, 4) is 11.5 Å². The number of ether oxygens (including phenoxy) is 2. The Morgan fingerprint density at radius 3 is 2.43 bits per heavy atom. The van der Waals surface area contributed by atoms with E-state index in [1.54, 1.807) is 36.4 Å². The highest BCUT2D eigenvalue weighted by Crippen LogP contribution is 2.25. The average molecular weight is 403 g/mol. The van der Waals surface area contributed by atoms with Crippen molar-refractivity contribution in [3.63, 3.8) is 0 Å². The Kier molecular flexibility index (Phi) is 5.99. The molecule has 0 radical (unpaired) electrons. The van der Waals surface area contributed by atoms with Crippen LogP contribution in [0.25, 0.3) is 0 Å². The van der Waals surface area contributed by atoms with Crippen molar-refractivity contribution in [1.29, 1.82) is 0 Å². The number of nitrogens with zero attached hydrogens (tertiary/aromatic N) is 1. The number of hydrogen-bond acceptors (Lipinski definition) is 6. The first-order chi connectivity index (χ1) is 13.4. The first-order valence-corrected chi connectivity index (χ1v) is 10.6. The number of carbonyl (C=O) groups excluding carboxylic acids is 2. The molecule has 1 atom stereocenters. The van der Waals surface area contributed by atoms with Crippen molar-refractivity contribution < 1.29 is 27.5 Å². The number of para-hydroxylation sites is 2. The molecule has 8 heteroatoms. The largest absolute Gasteiger partial charge is 0.456 e. The topological polar surface area (TPSA) is 90.0 Å². The molecule has 1 saturated heterocycles. The van der Waals surface area contributed by atoms with Crippen molar-refractivity contribution in [2.24, 2.45) is 0 Å². The third-order valence-corrected chi connectivity index (χ3v) is 6.30. The highest BCUT2D eigenvalue weighted by molar-refractivity contribution is 7.91. The molecule has 0 N–H and O–H groups in total. The minimum Gasteiger partial charge on any atom is -0.456 e. The molecule has 2 aromatic carbocycles. The molecule has 1 aliphatic heterocycles. The van der Waals surface area contributed by atoms with Gasteiger partial charge in [-0.2, -0.15) is 0 Å². The van der Waals surface area contributed by atoms with Crippen LogP contribution >= 0.6 is 0 Å². The third-order valence-electron chi connectivity index (χ3n) is 4.55. The second-order valence-corrected chi connectivity index (χ2v) is 8.78. The van der Waals surface area contributed by atoms with E-state index >= 15 is 0 Å². The summed E-state index contributed by atoms with van der Waals surface area (Å²) in [5.74, 6) is -0.234. The van der Waals surface area contributed by atoms with Gasteiger partial charge < -0.3 is 14.4 Å². The van der Waals surface area contributed by atoms with Crippen molar-refractivity contribution >= 4 is 21.7 Å². The predicted octanol–water partition coefficient (Wildman–Crippen LogP) is 2.28. The van der Waals surface area contributed by atoms with Crippen LogP contribution in [0.3, 0.4) is 0 Å². The van der Waals surface area contributed by atoms with Crippen LogP contribution in [0, 0.1) is 0 Å². The van der Waals surface area contributed by atoms with E-state index in [1.165, 1.54) is 11.9 Å². The SMILES string of the molecule is CN(C(=O)COC(=O)c1ccccc1Oc1ccccc1)C1CCS(=O)(=O)C1. The first-order valence-electron chi connectivity index (χ1n) is 8.81. The van der Waals surface area contributed by atoms with E-state index in [-0.39, 0.29) is 23.1 Å². The summed E-state index contributed by atoms with van der Waals surface area (Å²) < 4.78 is 34.0. The fraction of sp³-hybridized carbons (Fsp3) is 0.300. The molecule has 7 nitrogen and oxygen atoms in total. The number of likely N-dealkylation sites (N-methyl/N-ethyl adjacent to an activating group) is 1. The fourth-order valence-corrected chi connectivity index (χ4v) is 4.71. The summed E-state index contributed by atoms with van der Waals surface area (Å²) in [6.45, 7) is -0.467. The van der Waals surface area contributed by atoms with Gasteiger partial charge in [-0.1, -0.05) is 30.3 Å². The Morgan fingerprint density at radius 1 is 1.07 bits per heavy atom. The van der Waals surface area contributed by atoms with Crippen LogP contribution in [-0.4, -0.2) is 56.4 Å². The molecule has 1 aliphatic rings. The van der Waals surface area contributed by atoms with Gasteiger partial charge in [-0.15, -0.1) is 0 Å². The van der Waals surface area contributed by atoms with E-state index < -0.39 is 28.3 Å². The molecule has 148 valence electrons. The van der Waals surface area contributed by atoms with Crippen LogP contribution < -0.4 is 4.74 Å². The molecule has 3 rings (SSSR count). The molecule has 28 heavy (non-hydrogen) atoms. The molecular weight excluding hydrogens is 382 g/mol. The number of amides is 1. The molecular formula is C20H21NO6S. The van der Waals surface area contributed by atoms with Crippen molar-refractivity contribution in [2.45, 2.75) is 12.5 Å². The van der Waals surface area contributed by atoms with Crippen molar-refractivity contribution in [3.05, 3.63) is 60.2 Å². The van der Waals surface area contributed by atoms with Crippen LogP contribution in [0.15, 0.2) is 54.6 Å². The number of benzene rings is 2. The van der Waals surface area contributed by atoms with E-state index in [4.69, 9.17) is 9.47 Å². The molecule has 0 aliphatic carbocycles. The lowest BCUT2D eigenvalue weighted by molar-refractivity contribution is -0.134. The van der Waals surface area contributed by atoms with E-state index in [2.05, 4.69) is 0 Å². The smallest absolute Gasteiger partial charge is 0.342 e.